The lowest BCUT2D eigenvalue weighted by Gasteiger charge is -2.20. The third-order valence-electron chi connectivity index (χ3n) is 4.75. The Bertz CT molecular complexity index is 520. The zero-order valence-corrected chi connectivity index (χ0v) is 16.1. The Labute approximate surface area is 162 Å². The molecule has 0 bridgehead atoms. The van der Waals surface area contributed by atoms with E-state index >= 15 is 0 Å². The number of benzene rings is 1. The Balaban J connectivity index is 0.00000156. The molecule has 2 aliphatic rings. The fourth-order valence-electron chi connectivity index (χ4n) is 3.39. The normalized spacial score (nSPS) is 23.9. The molecule has 2 saturated heterocycles. The number of halogens is 2. The van der Waals surface area contributed by atoms with Crippen LogP contribution in [-0.4, -0.2) is 47.7 Å². The number of aliphatic hydroxyl groups is 1. The van der Waals surface area contributed by atoms with Gasteiger partial charge < -0.3 is 15.7 Å². The van der Waals surface area contributed by atoms with Crippen molar-refractivity contribution in [3.8, 4) is 0 Å². The molecule has 142 valence electrons. The maximum Gasteiger partial charge on any atom is 0.241 e. The van der Waals surface area contributed by atoms with Crippen molar-refractivity contribution >= 4 is 36.4 Å². The van der Waals surface area contributed by atoms with E-state index in [-0.39, 0.29) is 36.8 Å². The molecule has 3 rings (SSSR count). The number of amides is 1. The lowest BCUT2D eigenvalue weighted by molar-refractivity contribution is -0.117. The Morgan fingerprint density at radius 2 is 1.76 bits per heavy atom. The highest BCUT2D eigenvalue weighted by atomic mass is 35.5. The molecule has 7 heteroatoms. The van der Waals surface area contributed by atoms with E-state index in [1.807, 2.05) is 12.1 Å². The molecule has 1 aromatic rings. The molecule has 2 fully saturated rings. The van der Waals surface area contributed by atoms with Gasteiger partial charge in [-0.3, -0.25) is 9.69 Å². The molecule has 0 aromatic heterocycles. The van der Waals surface area contributed by atoms with E-state index in [9.17, 15) is 9.90 Å². The SMILES string of the molecule is Cl.Cl.O=C(Nc1ccc(CN2CCCCCC2)cc1)C1CC(O)CN1. The first-order valence-corrected chi connectivity index (χ1v) is 8.74. The summed E-state index contributed by atoms with van der Waals surface area (Å²) in [7, 11) is 0. The summed E-state index contributed by atoms with van der Waals surface area (Å²) in [6.07, 6.45) is 5.38. The van der Waals surface area contributed by atoms with Crippen LogP contribution in [0.3, 0.4) is 0 Å². The molecule has 1 amide bonds. The van der Waals surface area contributed by atoms with Crippen LogP contribution in [0, 0.1) is 0 Å². The second-order valence-electron chi connectivity index (χ2n) is 6.73. The highest BCUT2D eigenvalue weighted by Gasteiger charge is 2.27. The van der Waals surface area contributed by atoms with Crippen molar-refractivity contribution in [2.75, 3.05) is 25.0 Å². The van der Waals surface area contributed by atoms with Gasteiger partial charge in [-0.2, -0.15) is 0 Å². The van der Waals surface area contributed by atoms with Crippen molar-refractivity contribution in [3.05, 3.63) is 29.8 Å². The topological polar surface area (TPSA) is 64.6 Å². The van der Waals surface area contributed by atoms with Crippen LogP contribution in [0.1, 0.15) is 37.7 Å². The van der Waals surface area contributed by atoms with E-state index in [2.05, 4.69) is 27.7 Å². The van der Waals surface area contributed by atoms with Gasteiger partial charge in [0.1, 0.15) is 0 Å². The number of β-amino-alcohol motifs (C(OH)–C–C–N with tert-alkyl or cyclic N) is 1. The number of rotatable bonds is 4. The van der Waals surface area contributed by atoms with Crippen molar-refractivity contribution in [2.24, 2.45) is 0 Å². The summed E-state index contributed by atoms with van der Waals surface area (Å²) in [4.78, 5) is 14.6. The Hall–Kier alpha value is -0.850. The van der Waals surface area contributed by atoms with Crippen molar-refractivity contribution in [2.45, 2.75) is 50.8 Å². The molecular weight excluding hydrogens is 361 g/mol. The molecule has 0 spiro atoms. The van der Waals surface area contributed by atoms with Gasteiger partial charge in [0.05, 0.1) is 12.1 Å². The van der Waals surface area contributed by atoms with Gasteiger partial charge in [-0.1, -0.05) is 25.0 Å². The first-order chi connectivity index (χ1) is 11.2. The zero-order valence-electron chi connectivity index (χ0n) is 14.4. The van der Waals surface area contributed by atoms with Crippen molar-refractivity contribution in [1.29, 1.82) is 0 Å². The lowest BCUT2D eigenvalue weighted by Crippen LogP contribution is -2.35. The van der Waals surface area contributed by atoms with Gasteiger partial charge >= 0.3 is 0 Å². The van der Waals surface area contributed by atoms with Crippen LogP contribution in [0.25, 0.3) is 0 Å². The van der Waals surface area contributed by atoms with Crippen LogP contribution in [0.15, 0.2) is 24.3 Å². The number of anilines is 1. The minimum absolute atomic E-state index is 0. The van der Waals surface area contributed by atoms with Gasteiger partial charge in [-0.25, -0.2) is 0 Å². The fraction of sp³-hybridized carbons (Fsp3) is 0.611. The van der Waals surface area contributed by atoms with Crippen LogP contribution in [0.4, 0.5) is 5.69 Å². The third kappa shape index (κ3) is 6.76. The number of nitrogens with zero attached hydrogens (tertiary/aromatic N) is 1. The predicted octanol–water partition coefficient (Wildman–Crippen LogP) is 2.57. The molecule has 1 aromatic carbocycles. The van der Waals surface area contributed by atoms with E-state index < -0.39 is 6.10 Å². The van der Waals surface area contributed by atoms with Gasteiger partial charge in [0.25, 0.3) is 0 Å². The summed E-state index contributed by atoms with van der Waals surface area (Å²) in [5.41, 5.74) is 2.11. The average Bonchev–Trinajstić information content (AvgIpc) is 2.82. The molecule has 2 unspecified atom stereocenters. The van der Waals surface area contributed by atoms with E-state index in [0.717, 1.165) is 12.2 Å². The molecule has 5 nitrogen and oxygen atoms in total. The molecule has 0 saturated carbocycles. The number of carbonyl (C=O) groups is 1. The van der Waals surface area contributed by atoms with Gasteiger partial charge in [-0.15, -0.1) is 24.8 Å². The summed E-state index contributed by atoms with van der Waals surface area (Å²) < 4.78 is 0. The second kappa shape index (κ2) is 11.0. The summed E-state index contributed by atoms with van der Waals surface area (Å²) in [5, 5.41) is 15.4. The Kier molecular flexibility index (Phi) is 9.75. The minimum Gasteiger partial charge on any atom is -0.392 e. The van der Waals surface area contributed by atoms with Crippen molar-refractivity contribution < 1.29 is 9.90 Å². The summed E-state index contributed by atoms with van der Waals surface area (Å²) in [6.45, 7) is 3.86. The van der Waals surface area contributed by atoms with Crippen LogP contribution >= 0.6 is 24.8 Å². The lowest BCUT2D eigenvalue weighted by atomic mass is 10.1. The molecular formula is C18H29Cl2N3O2. The maximum atomic E-state index is 12.1. The first kappa shape index (κ1) is 22.2. The zero-order chi connectivity index (χ0) is 16.1. The number of aliphatic hydroxyl groups excluding tert-OH is 1. The summed E-state index contributed by atoms with van der Waals surface area (Å²) in [5.74, 6) is -0.0678. The highest BCUT2D eigenvalue weighted by Crippen LogP contribution is 2.16. The number of likely N-dealkylation sites (tertiary alicyclic amines) is 1. The van der Waals surface area contributed by atoms with Crippen LogP contribution < -0.4 is 10.6 Å². The largest absolute Gasteiger partial charge is 0.392 e. The number of hydrogen-bond acceptors (Lipinski definition) is 4. The quantitative estimate of drug-likeness (QED) is 0.740. The number of carbonyl (C=O) groups excluding carboxylic acids is 1. The fourth-order valence-corrected chi connectivity index (χ4v) is 3.39. The third-order valence-corrected chi connectivity index (χ3v) is 4.75. The molecule has 0 radical (unpaired) electrons. The molecule has 2 atom stereocenters. The van der Waals surface area contributed by atoms with Crippen LogP contribution in [-0.2, 0) is 11.3 Å². The van der Waals surface area contributed by atoms with Gasteiger partial charge in [0, 0.05) is 18.8 Å². The van der Waals surface area contributed by atoms with Gasteiger partial charge in [0.2, 0.25) is 5.91 Å². The van der Waals surface area contributed by atoms with Crippen molar-refractivity contribution in [3.63, 3.8) is 0 Å². The molecule has 2 aliphatic heterocycles. The monoisotopic (exact) mass is 389 g/mol. The number of nitrogens with one attached hydrogen (secondary N) is 2. The minimum atomic E-state index is -0.415. The standard InChI is InChI=1S/C18H27N3O2.2ClH/c22-16-11-17(19-12-16)18(23)20-15-7-5-14(6-8-15)13-21-9-3-1-2-4-10-21;;/h5-8,16-17,19,22H,1-4,9-13H2,(H,20,23);2*1H. The Morgan fingerprint density at radius 3 is 2.32 bits per heavy atom. The maximum absolute atomic E-state index is 12.1. The van der Waals surface area contributed by atoms with E-state index in [0.29, 0.717) is 13.0 Å². The van der Waals surface area contributed by atoms with Crippen LogP contribution in [0.2, 0.25) is 0 Å². The van der Waals surface area contributed by atoms with E-state index in [1.165, 1.54) is 44.3 Å². The molecule has 0 aliphatic carbocycles. The molecule has 2 heterocycles. The molecule has 3 N–H and O–H groups in total. The van der Waals surface area contributed by atoms with Gasteiger partial charge in [0.15, 0.2) is 0 Å². The van der Waals surface area contributed by atoms with Crippen LogP contribution in [0.5, 0.6) is 0 Å². The summed E-state index contributed by atoms with van der Waals surface area (Å²) >= 11 is 0. The predicted molar refractivity (Wildman–Crippen MR) is 106 cm³/mol. The highest BCUT2D eigenvalue weighted by molar-refractivity contribution is 5.95. The molecule has 25 heavy (non-hydrogen) atoms. The second-order valence-corrected chi connectivity index (χ2v) is 6.73. The van der Waals surface area contributed by atoms with E-state index in [1.54, 1.807) is 0 Å². The first-order valence-electron chi connectivity index (χ1n) is 8.74. The van der Waals surface area contributed by atoms with Gasteiger partial charge in [-0.05, 0) is 50.0 Å². The van der Waals surface area contributed by atoms with Crippen molar-refractivity contribution in [1.82, 2.24) is 10.2 Å². The Morgan fingerprint density at radius 1 is 1.12 bits per heavy atom. The number of hydrogen-bond donors (Lipinski definition) is 3. The smallest absolute Gasteiger partial charge is 0.241 e. The average molecular weight is 390 g/mol. The van der Waals surface area contributed by atoms with E-state index in [4.69, 9.17) is 0 Å². The summed E-state index contributed by atoms with van der Waals surface area (Å²) in [6, 6.07) is 7.84.